The summed E-state index contributed by atoms with van der Waals surface area (Å²) in [6, 6.07) is 0.520. The molecule has 11 heavy (non-hydrogen) atoms. The molecule has 0 aromatic heterocycles. The van der Waals surface area contributed by atoms with Crippen LogP contribution in [0.4, 0.5) is 0 Å². The highest BCUT2D eigenvalue weighted by molar-refractivity contribution is 4.72. The van der Waals surface area contributed by atoms with Gasteiger partial charge in [0.2, 0.25) is 0 Å². The molecule has 1 rings (SSSR count). The molecule has 1 aliphatic heterocycles. The molecule has 0 atom stereocenters. The van der Waals surface area contributed by atoms with E-state index in [4.69, 9.17) is 5.84 Å². The molecular weight excluding hydrogens is 140 g/mol. The number of piperidine rings is 1. The van der Waals surface area contributed by atoms with E-state index in [1.165, 1.54) is 0 Å². The molecule has 0 amide bonds. The van der Waals surface area contributed by atoms with Crippen LogP contribution in [0.15, 0.2) is 0 Å². The molecule has 4 nitrogen and oxygen atoms in total. The zero-order chi connectivity index (χ0) is 8.27. The molecule has 3 N–H and O–H groups in total. The van der Waals surface area contributed by atoms with Crippen LogP contribution in [0.5, 0.6) is 0 Å². The second-order valence-corrected chi connectivity index (χ2v) is 3.21. The molecule has 0 aromatic rings. The van der Waals surface area contributed by atoms with Crippen LogP contribution >= 0.6 is 0 Å². The summed E-state index contributed by atoms with van der Waals surface area (Å²) in [7, 11) is 3.95. The Morgan fingerprint density at radius 3 is 2.27 bits per heavy atom. The van der Waals surface area contributed by atoms with Crippen LogP contribution in [0.3, 0.4) is 0 Å². The van der Waals surface area contributed by atoms with Crippen LogP contribution in [0.25, 0.3) is 0 Å². The maximum absolute atomic E-state index is 5.82. The van der Waals surface area contributed by atoms with Gasteiger partial charge < -0.3 is 5.32 Å². The fourth-order valence-electron chi connectivity index (χ4n) is 1.40. The summed E-state index contributed by atoms with van der Waals surface area (Å²) in [5.41, 5.74) is 0. The number of hydrazine groups is 2. The van der Waals surface area contributed by atoms with Crippen molar-refractivity contribution in [1.29, 1.82) is 0 Å². The van der Waals surface area contributed by atoms with Crippen molar-refractivity contribution in [2.75, 3.05) is 27.2 Å². The number of nitrogens with one attached hydrogen (secondary N) is 1. The van der Waals surface area contributed by atoms with Crippen molar-refractivity contribution in [2.45, 2.75) is 18.9 Å². The first kappa shape index (κ1) is 8.93. The SMILES string of the molecule is CN(C)N(N)C1CCNCC1. The molecule has 4 heteroatoms. The second-order valence-electron chi connectivity index (χ2n) is 3.21. The van der Waals surface area contributed by atoms with Crippen LogP contribution < -0.4 is 11.2 Å². The zero-order valence-electron chi connectivity index (χ0n) is 7.38. The van der Waals surface area contributed by atoms with Gasteiger partial charge >= 0.3 is 0 Å². The van der Waals surface area contributed by atoms with Gasteiger partial charge in [0.1, 0.15) is 0 Å². The molecule has 0 spiro atoms. The van der Waals surface area contributed by atoms with E-state index in [0.29, 0.717) is 6.04 Å². The summed E-state index contributed by atoms with van der Waals surface area (Å²) in [4.78, 5) is 0. The molecule has 0 unspecified atom stereocenters. The quantitative estimate of drug-likeness (QED) is 0.416. The van der Waals surface area contributed by atoms with E-state index >= 15 is 0 Å². The molecule has 0 bridgehead atoms. The van der Waals surface area contributed by atoms with E-state index in [0.717, 1.165) is 25.9 Å². The van der Waals surface area contributed by atoms with Gasteiger partial charge in [-0.3, -0.25) is 5.84 Å². The minimum Gasteiger partial charge on any atom is -0.317 e. The second kappa shape index (κ2) is 4.01. The van der Waals surface area contributed by atoms with Gasteiger partial charge in [-0.25, -0.2) is 5.01 Å². The van der Waals surface area contributed by atoms with Gasteiger partial charge in [-0.05, 0) is 25.9 Å². The standard InChI is InChI=1S/C7H18N4/c1-10(2)11(8)7-3-5-9-6-4-7/h7,9H,3-6,8H2,1-2H3. The summed E-state index contributed by atoms with van der Waals surface area (Å²) in [5, 5.41) is 7.07. The molecule has 1 aliphatic rings. The van der Waals surface area contributed by atoms with Crippen molar-refractivity contribution in [1.82, 2.24) is 15.4 Å². The predicted molar refractivity (Wildman–Crippen MR) is 45.6 cm³/mol. The normalized spacial score (nSPS) is 21.5. The van der Waals surface area contributed by atoms with Gasteiger partial charge in [0, 0.05) is 20.1 Å². The van der Waals surface area contributed by atoms with Crippen LogP contribution in [0.1, 0.15) is 12.8 Å². The first-order chi connectivity index (χ1) is 5.22. The van der Waals surface area contributed by atoms with E-state index in [-0.39, 0.29) is 0 Å². The van der Waals surface area contributed by atoms with E-state index < -0.39 is 0 Å². The highest BCUT2D eigenvalue weighted by Crippen LogP contribution is 2.08. The number of hydrogen-bond donors (Lipinski definition) is 2. The molecule has 66 valence electrons. The minimum atomic E-state index is 0.520. The lowest BCUT2D eigenvalue weighted by molar-refractivity contribution is -0.0305. The van der Waals surface area contributed by atoms with Crippen molar-refractivity contribution in [3.8, 4) is 0 Å². The van der Waals surface area contributed by atoms with Gasteiger partial charge in [0.25, 0.3) is 0 Å². The molecule has 1 saturated heterocycles. The average molecular weight is 158 g/mol. The third-order valence-corrected chi connectivity index (χ3v) is 2.14. The van der Waals surface area contributed by atoms with E-state index in [1.54, 1.807) is 0 Å². The Morgan fingerprint density at radius 2 is 1.82 bits per heavy atom. The van der Waals surface area contributed by atoms with Crippen molar-refractivity contribution in [3.63, 3.8) is 0 Å². The number of hydrogen-bond acceptors (Lipinski definition) is 4. The van der Waals surface area contributed by atoms with Crippen LogP contribution in [-0.2, 0) is 0 Å². The van der Waals surface area contributed by atoms with Crippen LogP contribution in [-0.4, -0.2) is 43.4 Å². The fourth-order valence-corrected chi connectivity index (χ4v) is 1.40. The molecule has 0 saturated carbocycles. The average Bonchev–Trinajstić information content (AvgIpc) is 2.05. The molecule has 1 fully saturated rings. The number of nitrogens with two attached hydrogens (primary N) is 1. The van der Waals surface area contributed by atoms with Gasteiger partial charge in [-0.2, -0.15) is 5.12 Å². The monoisotopic (exact) mass is 158 g/mol. The Hall–Kier alpha value is -0.160. The van der Waals surface area contributed by atoms with E-state index in [1.807, 2.05) is 24.2 Å². The molecular formula is C7H18N4. The highest BCUT2D eigenvalue weighted by atomic mass is 15.7. The fraction of sp³-hybridized carbons (Fsp3) is 1.00. The lowest BCUT2D eigenvalue weighted by Crippen LogP contribution is -2.53. The Balaban J connectivity index is 2.32. The van der Waals surface area contributed by atoms with Gasteiger partial charge in [0.15, 0.2) is 0 Å². The third-order valence-electron chi connectivity index (χ3n) is 2.14. The van der Waals surface area contributed by atoms with Crippen molar-refractivity contribution < 1.29 is 0 Å². The third kappa shape index (κ3) is 2.41. The summed E-state index contributed by atoms with van der Waals surface area (Å²) >= 11 is 0. The summed E-state index contributed by atoms with van der Waals surface area (Å²) in [6.45, 7) is 2.18. The zero-order valence-corrected chi connectivity index (χ0v) is 7.38. The smallest absolute Gasteiger partial charge is 0.0423 e. The topological polar surface area (TPSA) is 44.5 Å². The van der Waals surface area contributed by atoms with Gasteiger partial charge in [-0.15, -0.1) is 0 Å². The summed E-state index contributed by atoms with van der Waals surface area (Å²) in [6.07, 6.45) is 2.30. The summed E-state index contributed by atoms with van der Waals surface area (Å²) < 4.78 is 0. The molecule has 0 radical (unpaired) electrons. The lowest BCUT2D eigenvalue weighted by atomic mass is 10.1. The van der Waals surface area contributed by atoms with Crippen molar-refractivity contribution in [3.05, 3.63) is 0 Å². The molecule has 0 aromatic carbocycles. The Bertz CT molecular complexity index is 109. The van der Waals surface area contributed by atoms with Crippen molar-refractivity contribution >= 4 is 0 Å². The Labute approximate surface area is 68.3 Å². The Kier molecular flexibility index (Phi) is 3.26. The maximum atomic E-state index is 5.82. The maximum Gasteiger partial charge on any atom is 0.0423 e. The largest absolute Gasteiger partial charge is 0.317 e. The number of nitrogens with zero attached hydrogens (tertiary/aromatic N) is 2. The summed E-state index contributed by atoms with van der Waals surface area (Å²) in [5.74, 6) is 5.82. The van der Waals surface area contributed by atoms with Gasteiger partial charge in [-0.1, -0.05) is 0 Å². The first-order valence-corrected chi connectivity index (χ1v) is 4.13. The Morgan fingerprint density at radius 1 is 1.27 bits per heavy atom. The number of rotatable bonds is 2. The lowest BCUT2D eigenvalue weighted by Gasteiger charge is -2.34. The van der Waals surface area contributed by atoms with Crippen LogP contribution in [0.2, 0.25) is 0 Å². The predicted octanol–water partition coefficient (Wildman–Crippen LogP) is -0.609. The molecule has 0 aliphatic carbocycles. The first-order valence-electron chi connectivity index (χ1n) is 4.13. The minimum absolute atomic E-state index is 0.520. The van der Waals surface area contributed by atoms with Gasteiger partial charge in [0.05, 0.1) is 0 Å². The highest BCUT2D eigenvalue weighted by Gasteiger charge is 2.19. The van der Waals surface area contributed by atoms with Crippen LogP contribution in [0, 0.1) is 0 Å². The van der Waals surface area contributed by atoms with E-state index in [9.17, 15) is 0 Å². The van der Waals surface area contributed by atoms with E-state index in [2.05, 4.69) is 5.32 Å². The van der Waals surface area contributed by atoms with Crippen molar-refractivity contribution in [2.24, 2.45) is 5.84 Å². The molecule has 1 heterocycles.